The van der Waals surface area contributed by atoms with E-state index < -0.39 is 10.0 Å². The zero-order chi connectivity index (χ0) is 17.0. The van der Waals surface area contributed by atoms with Crippen molar-refractivity contribution in [2.45, 2.75) is 32.2 Å². The third kappa shape index (κ3) is 4.64. The largest absolute Gasteiger partial charge is 0.326 e. The van der Waals surface area contributed by atoms with Gasteiger partial charge in [-0.05, 0) is 37.1 Å². The minimum Gasteiger partial charge on any atom is -0.326 e. The molecule has 6 heteroatoms. The Bertz CT molecular complexity index is 812. The lowest BCUT2D eigenvalue weighted by atomic mass is 10.2. The van der Waals surface area contributed by atoms with E-state index in [9.17, 15) is 13.2 Å². The number of carbonyl (C=O) groups is 1. The topological polar surface area (TPSA) is 75.3 Å². The van der Waals surface area contributed by atoms with Crippen molar-refractivity contribution in [3.05, 3.63) is 59.2 Å². The summed E-state index contributed by atoms with van der Waals surface area (Å²) in [6.45, 7) is 5.29. The molecule has 0 aromatic heterocycles. The Morgan fingerprint density at radius 1 is 1.04 bits per heavy atom. The molecule has 2 aromatic rings. The molecular formula is C17H20N2O3S. The Kier molecular flexibility index (Phi) is 5.18. The predicted molar refractivity (Wildman–Crippen MR) is 90.7 cm³/mol. The third-order valence-corrected chi connectivity index (χ3v) is 4.93. The van der Waals surface area contributed by atoms with Gasteiger partial charge in [-0.1, -0.05) is 35.9 Å². The van der Waals surface area contributed by atoms with Crippen LogP contribution in [0, 0.1) is 13.8 Å². The van der Waals surface area contributed by atoms with Crippen molar-refractivity contribution in [2.24, 2.45) is 0 Å². The maximum Gasteiger partial charge on any atom is 0.241 e. The Hall–Kier alpha value is -2.18. The molecule has 23 heavy (non-hydrogen) atoms. The van der Waals surface area contributed by atoms with Crippen molar-refractivity contribution in [2.75, 3.05) is 5.32 Å². The van der Waals surface area contributed by atoms with E-state index in [0.29, 0.717) is 11.3 Å². The van der Waals surface area contributed by atoms with Crippen molar-refractivity contribution in [1.29, 1.82) is 0 Å². The normalized spacial score (nSPS) is 11.3. The van der Waals surface area contributed by atoms with Crippen molar-refractivity contribution in [3.63, 3.8) is 0 Å². The summed E-state index contributed by atoms with van der Waals surface area (Å²) in [6.07, 6.45) is 0. The van der Waals surface area contributed by atoms with Crippen LogP contribution in [0.3, 0.4) is 0 Å². The number of rotatable bonds is 5. The second-order valence-electron chi connectivity index (χ2n) is 5.47. The second kappa shape index (κ2) is 6.93. The minimum atomic E-state index is -3.66. The van der Waals surface area contributed by atoms with Gasteiger partial charge in [-0.25, -0.2) is 13.1 Å². The summed E-state index contributed by atoms with van der Waals surface area (Å²) in [7, 11) is -3.66. The number of carbonyl (C=O) groups excluding carboxylic acids is 1. The van der Waals surface area contributed by atoms with Gasteiger partial charge in [0.25, 0.3) is 0 Å². The first-order valence-electron chi connectivity index (χ1n) is 7.21. The Labute approximate surface area is 136 Å². The van der Waals surface area contributed by atoms with Crippen LogP contribution in [-0.4, -0.2) is 14.3 Å². The van der Waals surface area contributed by atoms with Crippen LogP contribution in [-0.2, 0) is 21.4 Å². The van der Waals surface area contributed by atoms with Gasteiger partial charge in [-0.3, -0.25) is 4.79 Å². The molecule has 0 saturated carbocycles. The summed E-state index contributed by atoms with van der Waals surface area (Å²) in [5.41, 5.74) is 3.08. The summed E-state index contributed by atoms with van der Waals surface area (Å²) in [6, 6.07) is 12.5. The van der Waals surface area contributed by atoms with Gasteiger partial charge in [0, 0.05) is 19.2 Å². The van der Waals surface area contributed by atoms with E-state index in [1.54, 1.807) is 19.1 Å². The van der Waals surface area contributed by atoms with Crippen LogP contribution in [0.1, 0.15) is 23.6 Å². The van der Waals surface area contributed by atoms with E-state index >= 15 is 0 Å². The van der Waals surface area contributed by atoms with Gasteiger partial charge in [0.15, 0.2) is 0 Å². The van der Waals surface area contributed by atoms with Crippen LogP contribution in [0.15, 0.2) is 47.4 Å². The minimum absolute atomic E-state index is 0.163. The molecule has 5 nitrogen and oxygen atoms in total. The third-order valence-electron chi connectivity index (χ3n) is 3.38. The van der Waals surface area contributed by atoms with Gasteiger partial charge in [0.2, 0.25) is 15.9 Å². The standard InChI is InChI=1S/C17H20N2O3S/c1-12-4-7-15(8-5-12)11-18-23(21,22)17-10-16(19-14(3)20)9-6-13(17)2/h4-10,18H,11H2,1-3H3,(H,19,20). The average molecular weight is 332 g/mol. The van der Waals surface area contributed by atoms with E-state index in [2.05, 4.69) is 10.0 Å². The highest BCUT2D eigenvalue weighted by atomic mass is 32.2. The van der Waals surface area contributed by atoms with E-state index in [4.69, 9.17) is 0 Å². The molecule has 0 unspecified atom stereocenters. The summed E-state index contributed by atoms with van der Waals surface area (Å²) in [4.78, 5) is 11.3. The molecule has 2 N–H and O–H groups in total. The molecule has 0 spiro atoms. The highest BCUT2D eigenvalue weighted by Gasteiger charge is 2.17. The SMILES string of the molecule is CC(=O)Nc1ccc(C)c(S(=O)(=O)NCc2ccc(C)cc2)c1. The number of aryl methyl sites for hydroxylation is 2. The van der Waals surface area contributed by atoms with Crippen molar-refractivity contribution in [1.82, 2.24) is 4.72 Å². The fourth-order valence-corrected chi connectivity index (χ4v) is 3.42. The van der Waals surface area contributed by atoms with Crippen molar-refractivity contribution < 1.29 is 13.2 Å². The number of sulfonamides is 1. The number of anilines is 1. The summed E-state index contributed by atoms with van der Waals surface area (Å²) in [5.74, 6) is -0.246. The van der Waals surface area contributed by atoms with Crippen molar-refractivity contribution >= 4 is 21.6 Å². The Balaban J connectivity index is 2.21. The first-order valence-corrected chi connectivity index (χ1v) is 8.70. The molecule has 2 aromatic carbocycles. The molecule has 0 radical (unpaired) electrons. The molecule has 0 fully saturated rings. The average Bonchev–Trinajstić information content (AvgIpc) is 2.48. The van der Waals surface area contributed by atoms with E-state index in [1.807, 2.05) is 31.2 Å². The molecule has 0 aliphatic rings. The van der Waals surface area contributed by atoms with Gasteiger partial charge < -0.3 is 5.32 Å². The highest BCUT2D eigenvalue weighted by Crippen LogP contribution is 2.20. The fourth-order valence-electron chi connectivity index (χ4n) is 2.13. The molecule has 2 rings (SSSR count). The maximum atomic E-state index is 12.5. The smallest absolute Gasteiger partial charge is 0.241 e. The van der Waals surface area contributed by atoms with Crippen LogP contribution in [0.5, 0.6) is 0 Å². The first kappa shape index (κ1) is 17.2. The number of nitrogens with one attached hydrogen (secondary N) is 2. The van der Waals surface area contributed by atoms with Crippen molar-refractivity contribution in [3.8, 4) is 0 Å². The van der Waals surface area contributed by atoms with Crippen LogP contribution >= 0.6 is 0 Å². The van der Waals surface area contributed by atoms with Crippen LogP contribution in [0.25, 0.3) is 0 Å². The fraction of sp³-hybridized carbons (Fsp3) is 0.235. The lowest BCUT2D eigenvalue weighted by molar-refractivity contribution is -0.114. The second-order valence-corrected chi connectivity index (χ2v) is 7.21. The van der Waals surface area contributed by atoms with E-state index in [-0.39, 0.29) is 17.3 Å². The molecule has 0 atom stereocenters. The molecule has 0 heterocycles. The molecule has 0 aliphatic carbocycles. The summed E-state index contributed by atoms with van der Waals surface area (Å²) in [5, 5.41) is 2.59. The molecule has 0 aliphatic heterocycles. The Morgan fingerprint density at radius 2 is 1.70 bits per heavy atom. The van der Waals surface area contributed by atoms with Gasteiger partial charge in [0.1, 0.15) is 0 Å². The summed E-state index contributed by atoms with van der Waals surface area (Å²) >= 11 is 0. The molecule has 1 amide bonds. The Morgan fingerprint density at radius 3 is 2.30 bits per heavy atom. The lowest BCUT2D eigenvalue weighted by Gasteiger charge is -2.11. The zero-order valence-corrected chi connectivity index (χ0v) is 14.2. The van der Waals surface area contributed by atoms with Gasteiger partial charge >= 0.3 is 0 Å². The van der Waals surface area contributed by atoms with E-state index in [1.165, 1.54) is 13.0 Å². The zero-order valence-electron chi connectivity index (χ0n) is 13.4. The van der Waals surface area contributed by atoms with Crippen LogP contribution in [0.4, 0.5) is 5.69 Å². The van der Waals surface area contributed by atoms with Crippen LogP contribution < -0.4 is 10.0 Å². The van der Waals surface area contributed by atoms with E-state index in [0.717, 1.165) is 11.1 Å². The molecular weight excluding hydrogens is 312 g/mol. The quantitative estimate of drug-likeness (QED) is 0.884. The monoisotopic (exact) mass is 332 g/mol. The van der Waals surface area contributed by atoms with Gasteiger partial charge in [-0.2, -0.15) is 0 Å². The molecule has 0 bridgehead atoms. The number of hydrogen-bond donors (Lipinski definition) is 2. The number of hydrogen-bond acceptors (Lipinski definition) is 3. The number of benzene rings is 2. The first-order chi connectivity index (χ1) is 10.8. The number of amides is 1. The highest BCUT2D eigenvalue weighted by molar-refractivity contribution is 7.89. The van der Waals surface area contributed by atoms with Gasteiger partial charge in [-0.15, -0.1) is 0 Å². The van der Waals surface area contributed by atoms with Gasteiger partial charge in [0.05, 0.1) is 4.90 Å². The lowest BCUT2D eigenvalue weighted by Crippen LogP contribution is -2.24. The predicted octanol–water partition coefficient (Wildman–Crippen LogP) is 2.74. The van der Waals surface area contributed by atoms with Crippen LogP contribution in [0.2, 0.25) is 0 Å². The molecule has 0 saturated heterocycles. The summed E-state index contributed by atoms with van der Waals surface area (Å²) < 4.78 is 27.6. The maximum absolute atomic E-state index is 12.5. The molecule has 122 valence electrons.